The number of rotatable bonds is 6. The average molecular weight is 381 g/mol. The molecule has 0 aromatic heterocycles. The normalized spacial score (nSPS) is 10.9. The highest BCUT2D eigenvalue weighted by molar-refractivity contribution is 6.10. The Bertz CT molecular complexity index is 978. The number of nitro benzene ring substituents is 1. The molecule has 28 heavy (non-hydrogen) atoms. The average Bonchev–Trinajstić information content (AvgIpc) is 2.63. The molecule has 0 aliphatic rings. The van der Waals surface area contributed by atoms with Gasteiger partial charge in [0.05, 0.1) is 16.2 Å². The van der Waals surface area contributed by atoms with Gasteiger partial charge in [-0.2, -0.15) is 0 Å². The second-order valence-electron chi connectivity index (χ2n) is 6.11. The molecule has 8 nitrogen and oxygen atoms in total. The van der Waals surface area contributed by atoms with Crippen LogP contribution < -0.4 is 10.6 Å². The number of carbonyl (C=O) groups is 3. The van der Waals surface area contributed by atoms with Crippen LogP contribution in [0.4, 0.5) is 17.1 Å². The third-order valence-corrected chi connectivity index (χ3v) is 4.01. The number of ketones is 1. The molecular weight excluding hydrogens is 362 g/mol. The van der Waals surface area contributed by atoms with Gasteiger partial charge in [0.15, 0.2) is 5.78 Å². The molecule has 2 rings (SSSR count). The molecule has 2 aromatic carbocycles. The number of nitrogens with one attached hydrogen (secondary N) is 2. The van der Waals surface area contributed by atoms with Crippen LogP contribution >= 0.6 is 0 Å². The van der Waals surface area contributed by atoms with Gasteiger partial charge in [-0.3, -0.25) is 24.5 Å². The summed E-state index contributed by atoms with van der Waals surface area (Å²) in [5, 5.41) is 16.1. The largest absolute Gasteiger partial charge is 0.323 e. The predicted octanol–water partition coefficient (Wildman–Crippen LogP) is 3.63. The van der Waals surface area contributed by atoms with Gasteiger partial charge in [-0.15, -0.1) is 0 Å². The van der Waals surface area contributed by atoms with Crippen LogP contribution in [0.2, 0.25) is 0 Å². The molecule has 0 radical (unpaired) electrons. The highest BCUT2D eigenvalue weighted by atomic mass is 16.6. The van der Waals surface area contributed by atoms with E-state index in [9.17, 15) is 24.5 Å². The second-order valence-corrected chi connectivity index (χ2v) is 6.11. The van der Waals surface area contributed by atoms with E-state index < -0.39 is 16.7 Å². The van der Waals surface area contributed by atoms with Gasteiger partial charge in [-0.05, 0) is 51.1 Å². The predicted molar refractivity (Wildman–Crippen MR) is 105 cm³/mol. The van der Waals surface area contributed by atoms with E-state index in [2.05, 4.69) is 10.6 Å². The number of Topliss-reactive ketones (excluding diaryl/α,β-unsaturated/α-hetero) is 1. The molecule has 0 aliphatic carbocycles. The van der Waals surface area contributed by atoms with Gasteiger partial charge in [0.2, 0.25) is 5.91 Å². The second kappa shape index (κ2) is 8.72. The number of hydrogen-bond acceptors (Lipinski definition) is 5. The van der Waals surface area contributed by atoms with E-state index in [4.69, 9.17) is 0 Å². The lowest BCUT2D eigenvalue weighted by Crippen LogP contribution is -2.17. The fourth-order valence-corrected chi connectivity index (χ4v) is 2.41. The van der Waals surface area contributed by atoms with E-state index >= 15 is 0 Å². The van der Waals surface area contributed by atoms with Gasteiger partial charge < -0.3 is 10.6 Å². The van der Waals surface area contributed by atoms with Crippen molar-refractivity contribution < 1.29 is 19.3 Å². The third-order valence-electron chi connectivity index (χ3n) is 4.01. The lowest BCUT2D eigenvalue weighted by atomic mass is 10.1. The summed E-state index contributed by atoms with van der Waals surface area (Å²) in [6.07, 6.45) is 1.13. The van der Waals surface area contributed by atoms with Gasteiger partial charge in [0, 0.05) is 29.0 Å². The van der Waals surface area contributed by atoms with E-state index in [1.54, 1.807) is 30.3 Å². The summed E-state index contributed by atoms with van der Waals surface area (Å²) in [6.45, 7) is 4.44. The van der Waals surface area contributed by atoms with Gasteiger partial charge in [0.1, 0.15) is 0 Å². The van der Waals surface area contributed by atoms with Crippen LogP contribution in [0.1, 0.15) is 29.8 Å². The number of carbonyl (C=O) groups excluding carboxylic acids is 3. The Morgan fingerprint density at radius 3 is 2.21 bits per heavy atom. The molecule has 0 aliphatic heterocycles. The van der Waals surface area contributed by atoms with Crippen LogP contribution in [0.25, 0.3) is 0 Å². The zero-order valence-corrected chi connectivity index (χ0v) is 15.6. The van der Waals surface area contributed by atoms with Crippen LogP contribution in [0, 0.1) is 17.0 Å². The Morgan fingerprint density at radius 1 is 1.00 bits per heavy atom. The van der Waals surface area contributed by atoms with Crippen LogP contribution in [0.15, 0.2) is 54.1 Å². The lowest BCUT2D eigenvalue weighted by Gasteiger charge is -2.09. The van der Waals surface area contributed by atoms with E-state index in [0.717, 1.165) is 6.08 Å². The fourth-order valence-electron chi connectivity index (χ4n) is 2.41. The maximum atomic E-state index is 12.3. The molecule has 8 heteroatoms. The zero-order chi connectivity index (χ0) is 20.8. The molecule has 2 N–H and O–H groups in total. The van der Waals surface area contributed by atoms with E-state index in [1.165, 1.54) is 32.9 Å². The van der Waals surface area contributed by atoms with Gasteiger partial charge in [0.25, 0.3) is 11.6 Å². The molecule has 0 fully saturated rings. The molecule has 0 saturated carbocycles. The minimum absolute atomic E-state index is 0.0817. The topological polar surface area (TPSA) is 118 Å². The van der Waals surface area contributed by atoms with Crippen LogP contribution in [-0.4, -0.2) is 22.5 Å². The van der Waals surface area contributed by atoms with Crippen LogP contribution in [0.5, 0.6) is 0 Å². The monoisotopic (exact) mass is 381 g/mol. The minimum atomic E-state index is -0.550. The van der Waals surface area contributed by atoms with Crippen molar-refractivity contribution in [2.75, 3.05) is 10.6 Å². The first-order chi connectivity index (χ1) is 13.2. The highest BCUT2D eigenvalue weighted by Gasteiger charge is 2.15. The Kier molecular flexibility index (Phi) is 6.38. The Hall–Kier alpha value is -3.81. The van der Waals surface area contributed by atoms with Crippen molar-refractivity contribution >= 4 is 34.7 Å². The van der Waals surface area contributed by atoms with Crippen molar-refractivity contribution in [1.82, 2.24) is 0 Å². The molecule has 144 valence electrons. The Balaban J connectivity index is 2.07. The number of amides is 2. The minimum Gasteiger partial charge on any atom is -0.323 e. The SMILES string of the molecule is CC(=O)c1ccc(NC(=O)/C=C(\C)C(=O)Nc2cccc([N+](=O)[O-])c2C)cc1. The standard InChI is InChI=1S/C20H19N3O5/c1-12(11-19(25)21-16-9-7-15(8-10-16)14(3)24)20(26)22-17-5-4-6-18(13(17)2)23(27)28/h4-11H,1-3H3,(H,21,25)(H,22,26)/b12-11+. The summed E-state index contributed by atoms with van der Waals surface area (Å²) in [4.78, 5) is 46.1. The Morgan fingerprint density at radius 2 is 1.64 bits per heavy atom. The molecule has 0 atom stereocenters. The molecule has 0 bridgehead atoms. The number of benzene rings is 2. The quantitative estimate of drug-likeness (QED) is 0.343. The fraction of sp³-hybridized carbons (Fsp3) is 0.150. The zero-order valence-electron chi connectivity index (χ0n) is 15.6. The first kappa shape index (κ1) is 20.5. The summed E-state index contributed by atoms with van der Waals surface area (Å²) in [5.41, 5.74) is 1.65. The van der Waals surface area contributed by atoms with Crippen molar-refractivity contribution in [3.8, 4) is 0 Å². The summed E-state index contributed by atoms with van der Waals surface area (Å²) >= 11 is 0. The van der Waals surface area contributed by atoms with Crippen molar-refractivity contribution in [3.05, 3.63) is 75.4 Å². The van der Waals surface area contributed by atoms with E-state index in [1.807, 2.05) is 0 Å². The molecule has 0 heterocycles. The highest BCUT2D eigenvalue weighted by Crippen LogP contribution is 2.25. The van der Waals surface area contributed by atoms with Crippen LogP contribution in [0.3, 0.4) is 0 Å². The molecule has 0 saturated heterocycles. The van der Waals surface area contributed by atoms with Gasteiger partial charge >= 0.3 is 0 Å². The number of hydrogen-bond donors (Lipinski definition) is 2. The number of nitro groups is 1. The Labute approximate surface area is 161 Å². The first-order valence-electron chi connectivity index (χ1n) is 8.34. The summed E-state index contributed by atoms with van der Waals surface area (Å²) < 4.78 is 0. The number of nitrogens with zero attached hydrogens (tertiary/aromatic N) is 1. The van der Waals surface area contributed by atoms with Crippen molar-refractivity contribution in [2.45, 2.75) is 20.8 Å². The maximum Gasteiger partial charge on any atom is 0.274 e. The summed E-state index contributed by atoms with van der Waals surface area (Å²) in [6, 6.07) is 10.7. The van der Waals surface area contributed by atoms with Crippen molar-refractivity contribution in [3.63, 3.8) is 0 Å². The first-order valence-corrected chi connectivity index (χ1v) is 8.34. The maximum absolute atomic E-state index is 12.3. The van der Waals surface area contributed by atoms with E-state index in [0.29, 0.717) is 22.5 Å². The number of anilines is 2. The summed E-state index contributed by atoms with van der Waals surface area (Å²) in [7, 11) is 0. The summed E-state index contributed by atoms with van der Waals surface area (Å²) in [5.74, 6) is -1.15. The van der Waals surface area contributed by atoms with Gasteiger partial charge in [-0.25, -0.2) is 0 Å². The van der Waals surface area contributed by atoms with Gasteiger partial charge in [-0.1, -0.05) is 6.07 Å². The molecule has 0 unspecified atom stereocenters. The van der Waals surface area contributed by atoms with E-state index in [-0.39, 0.29) is 17.0 Å². The molecular formula is C20H19N3O5. The van der Waals surface area contributed by atoms with Crippen molar-refractivity contribution in [1.29, 1.82) is 0 Å². The van der Waals surface area contributed by atoms with Crippen molar-refractivity contribution in [2.24, 2.45) is 0 Å². The lowest BCUT2D eigenvalue weighted by molar-refractivity contribution is -0.385. The molecule has 2 amide bonds. The smallest absolute Gasteiger partial charge is 0.274 e. The molecule has 0 spiro atoms. The van der Waals surface area contributed by atoms with Crippen LogP contribution in [-0.2, 0) is 9.59 Å². The third kappa shape index (κ3) is 5.10. The molecule has 2 aromatic rings.